The highest BCUT2D eigenvalue weighted by Gasteiger charge is 2.34. The second-order valence-corrected chi connectivity index (χ2v) is 8.72. The number of hydrogen-bond donors (Lipinski definition) is 1. The molecule has 1 atom stereocenters. The molecule has 1 unspecified atom stereocenters. The summed E-state index contributed by atoms with van der Waals surface area (Å²) in [5.74, 6) is 0.967. The number of nitrogens with zero attached hydrogens (tertiary/aromatic N) is 6. The van der Waals surface area contributed by atoms with Crippen LogP contribution in [0.4, 0.5) is 0 Å². The maximum absolute atomic E-state index is 11.1. The molecule has 0 amide bonds. The highest BCUT2D eigenvalue weighted by Crippen LogP contribution is 2.44. The molecule has 0 spiro atoms. The Morgan fingerprint density at radius 1 is 1.23 bits per heavy atom. The molecular formula is C22H30N6OS. The molecular weight excluding hydrogens is 396 g/mol. The summed E-state index contributed by atoms with van der Waals surface area (Å²) in [6.07, 6.45) is 5.10. The predicted molar refractivity (Wildman–Crippen MR) is 120 cm³/mol. The summed E-state index contributed by atoms with van der Waals surface area (Å²) in [5, 5.41) is 17.7. The van der Waals surface area contributed by atoms with E-state index in [4.69, 9.17) is 4.98 Å². The number of aromatic nitrogens is 4. The third-order valence-corrected chi connectivity index (χ3v) is 6.66. The Morgan fingerprint density at radius 3 is 2.70 bits per heavy atom. The second-order valence-electron chi connectivity index (χ2n) is 7.77. The minimum absolute atomic E-state index is 0.405. The van der Waals surface area contributed by atoms with Gasteiger partial charge in [-0.05, 0) is 50.5 Å². The smallest absolute Gasteiger partial charge is 0.251 e. The number of aliphatic hydroxyl groups excluding tert-OH is 1. The minimum atomic E-state index is -0.689. The van der Waals surface area contributed by atoms with Gasteiger partial charge in [0.25, 0.3) is 5.95 Å². The van der Waals surface area contributed by atoms with Crippen LogP contribution in [0.25, 0.3) is 16.5 Å². The summed E-state index contributed by atoms with van der Waals surface area (Å²) in [5.41, 5.74) is 2.80. The standard InChI is InChI=1S/C22H30N6OS/c1-4-27(5-2)13-12-26(3)21(29)17-15-24-28(20(17)16-8-9-16)22-23-11-10-18(25-22)19-7-6-14-30-19/h6-7,10-11,14-16,21,29H,4-5,8-9,12-13H2,1-3H3. The number of aliphatic hydroxyl groups is 1. The van der Waals surface area contributed by atoms with Crippen LogP contribution in [0.1, 0.15) is 50.1 Å². The summed E-state index contributed by atoms with van der Waals surface area (Å²) in [6, 6.07) is 6.00. The van der Waals surface area contributed by atoms with Crippen LogP contribution in [0.3, 0.4) is 0 Å². The van der Waals surface area contributed by atoms with E-state index >= 15 is 0 Å². The van der Waals surface area contributed by atoms with Crippen molar-refractivity contribution in [3.05, 3.63) is 47.2 Å². The van der Waals surface area contributed by atoms with E-state index in [2.05, 4.69) is 34.9 Å². The van der Waals surface area contributed by atoms with Gasteiger partial charge in [-0.1, -0.05) is 19.9 Å². The van der Waals surface area contributed by atoms with Crippen molar-refractivity contribution in [2.75, 3.05) is 33.2 Å². The predicted octanol–water partition coefficient (Wildman–Crippen LogP) is 3.53. The molecule has 7 nitrogen and oxygen atoms in total. The van der Waals surface area contributed by atoms with Crippen molar-refractivity contribution in [2.24, 2.45) is 0 Å². The molecule has 0 aromatic carbocycles. The number of thiophene rings is 1. The molecule has 8 heteroatoms. The van der Waals surface area contributed by atoms with Crippen LogP contribution in [-0.2, 0) is 0 Å². The summed E-state index contributed by atoms with van der Waals surface area (Å²) in [7, 11) is 1.97. The Labute approximate surface area is 182 Å². The first-order chi connectivity index (χ1) is 14.6. The fraction of sp³-hybridized carbons (Fsp3) is 0.500. The topological polar surface area (TPSA) is 70.3 Å². The Balaban J connectivity index is 1.59. The first-order valence-corrected chi connectivity index (χ1v) is 11.6. The van der Waals surface area contributed by atoms with Crippen molar-refractivity contribution < 1.29 is 5.11 Å². The molecule has 1 aliphatic rings. The van der Waals surface area contributed by atoms with Crippen LogP contribution < -0.4 is 0 Å². The van der Waals surface area contributed by atoms with E-state index < -0.39 is 6.23 Å². The average Bonchev–Trinajstić information content (AvgIpc) is 3.28. The average molecular weight is 427 g/mol. The van der Waals surface area contributed by atoms with E-state index in [1.165, 1.54) is 0 Å². The van der Waals surface area contributed by atoms with Gasteiger partial charge in [0.05, 0.1) is 22.5 Å². The zero-order chi connectivity index (χ0) is 21.1. The van der Waals surface area contributed by atoms with Gasteiger partial charge in [0.1, 0.15) is 6.23 Å². The van der Waals surface area contributed by atoms with Gasteiger partial charge < -0.3 is 10.0 Å². The van der Waals surface area contributed by atoms with Crippen LogP contribution in [0.15, 0.2) is 36.0 Å². The number of rotatable bonds is 10. The summed E-state index contributed by atoms with van der Waals surface area (Å²) >= 11 is 1.66. The zero-order valence-electron chi connectivity index (χ0n) is 17.9. The van der Waals surface area contributed by atoms with Gasteiger partial charge in [0.15, 0.2) is 0 Å². The molecule has 160 valence electrons. The molecule has 1 fully saturated rings. The molecule has 0 saturated heterocycles. The van der Waals surface area contributed by atoms with E-state index in [1.54, 1.807) is 23.7 Å². The highest BCUT2D eigenvalue weighted by molar-refractivity contribution is 7.13. The molecule has 1 N–H and O–H groups in total. The third-order valence-electron chi connectivity index (χ3n) is 5.77. The lowest BCUT2D eigenvalue weighted by molar-refractivity contribution is 0.0148. The van der Waals surface area contributed by atoms with E-state index in [1.807, 2.05) is 34.1 Å². The van der Waals surface area contributed by atoms with Gasteiger partial charge in [-0.3, -0.25) is 4.90 Å². The van der Waals surface area contributed by atoms with Gasteiger partial charge in [-0.15, -0.1) is 11.3 Å². The normalized spacial score (nSPS) is 15.3. The first kappa shape index (κ1) is 21.1. The van der Waals surface area contributed by atoms with Crippen LogP contribution >= 0.6 is 11.3 Å². The summed E-state index contributed by atoms with van der Waals surface area (Å²) in [4.78, 5) is 14.7. The molecule has 30 heavy (non-hydrogen) atoms. The maximum atomic E-state index is 11.1. The lowest BCUT2D eigenvalue weighted by atomic mass is 10.1. The summed E-state index contributed by atoms with van der Waals surface area (Å²) < 4.78 is 1.82. The quantitative estimate of drug-likeness (QED) is 0.500. The monoisotopic (exact) mass is 426 g/mol. The Bertz CT molecular complexity index is 948. The molecule has 3 aromatic rings. The van der Waals surface area contributed by atoms with Gasteiger partial charge >= 0.3 is 0 Å². The van der Waals surface area contributed by atoms with Crippen molar-refractivity contribution in [3.8, 4) is 16.5 Å². The van der Waals surface area contributed by atoms with E-state index in [9.17, 15) is 5.11 Å². The number of likely N-dealkylation sites (N-methyl/N-ethyl adjacent to an activating group) is 2. The molecule has 0 bridgehead atoms. The minimum Gasteiger partial charge on any atom is -0.374 e. The van der Waals surface area contributed by atoms with Crippen molar-refractivity contribution in [1.29, 1.82) is 0 Å². The maximum Gasteiger partial charge on any atom is 0.251 e. The van der Waals surface area contributed by atoms with Gasteiger partial charge in [-0.2, -0.15) is 5.10 Å². The largest absolute Gasteiger partial charge is 0.374 e. The zero-order valence-corrected chi connectivity index (χ0v) is 18.7. The molecule has 1 saturated carbocycles. The van der Waals surface area contributed by atoms with Crippen LogP contribution in [-0.4, -0.2) is 67.9 Å². The lowest BCUT2D eigenvalue weighted by Crippen LogP contribution is -2.35. The van der Waals surface area contributed by atoms with E-state index in [0.717, 1.165) is 60.8 Å². The van der Waals surface area contributed by atoms with Gasteiger partial charge in [0.2, 0.25) is 0 Å². The van der Waals surface area contributed by atoms with E-state index in [0.29, 0.717) is 11.9 Å². The van der Waals surface area contributed by atoms with Crippen molar-refractivity contribution in [3.63, 3.8) is 0 Å². The fourth-order valence-electron chi connectivity index (χ4n) is 3.70. The fourth-order valence-corrected chi connectivity index (χ4v) is 4.40. The van der Waals surface area contributed by atoms with Crippen molar-refractivity contribution in [1.82, 2.24) is 29.5 Å². The van der Waals surface area contributed by atoms with Crippen LogP contribution in [0.2, 0.25) is 0 Å². The lowest BCUT2D eigenvalue weighted by Gasteiger charge is -2.27. The Morgan fingerprint density at radius 2 is 2.03 bits per heavy atom. The number of hydrogen-bond acceptors (Lipinski definition) is 7. The van der Waals surface area contributed by atoms with Crippen molar-refractivity contribution >= 4 is 11.3 Å². The van der Waals surface area contributed by atoms with Gasteiger partial charge in [-0.25, -0.2) is 14.6 Å². The highest BCUT2D eigenvalue weighted by atomic mass is 32.1. The first-order valence-electron chi connectivity index (χ1n) is 10.7. The van der Waals surface area contributed by atoms with Crippen molar-refractivity contribution in [2.45, 2.75) is 38.8 Å². The Kier molecular flexibility index (Phi) is 6.58. The van der Waals surface area contributed by atoms with Gasteiger partial charge in [0, 0.05) is 30.8 Å². The molecule has 1 aliphatic carbocycles. The van der Waals surface area contributed by atoms with Crippen LogP contribution in [0, 0.1) is 0 Å². The molecule has 4 rings (SSSR count). The third kappa shape index (κ3) is 4.46. The SMILES string of the molecule is CCN(CC)CCN(C)C(O)c1cnn(-c2nccc(-c3cccs3)n2)c1C1CC1. The second kappa shape index (κ2) is 9.34. The molecule has 3 aromatic heterocycles. The van der Waals surface area contributed by atoms with E-state index in [-0.39, 0.29) is 0 Å². The molecule has 0 aliphatic heterocycles. The molecule has 3 heterocycles. The van der Waals surface area contributed by atoms with Crippen LogP contribution in [0.5, 0.6) is 0 Å². The molecule has 0 radical (unpaired) electrons. The Hall–Kier alpha value is -2.13. The summed E-state index contributed by atoms with van der Waals surface area (Å²) in [6.45, 7) is 8.09.